The monoisotopic (exact) mass is 382 g/mol. The van der Waals surface area contributed by atoms with E-state index in [1.54, 1.807) is 6.92 Å². The summed E-state index contributed by atoms with van der Waals surface area (Å²) in [6.45, 7) is 6.46. The summed E-state index contributed by atoms with van der Waals surface area (Å²) < 4.78 is 5.38. The van der Waals surface area contributed by atoms with Gasteiger partial charge in [0.1, 0.15) is 5.70 Å². The van der Waals surface area contributed by atoms with Crippen LogP contribution in [0.15, 0.2) is 10.6 Å². The lowest BCUT2D eigenvalue weighted by Gasteiger charge is -2.46. The molecule has 8 heteroatoms. The molecule has 2 fully saturated rings. The molecular formula is C18H26N2O5S. The number of fused-ring (bicyclic) bond motifs is 1. The van der Waals surface area contributed by atoms with Gasteiger partial charge in [-0.15, -0.1) is 11.8 Å². The van der Waals surface area contributed by atoms with Crippen molar-refractivity contribution >= 4 is 29.5 Å². The van der Waals surface area contributed by atoms with E-state index in [9.17, 15) is 19.5 Å². The van der Waals surface area contributed by atoms with Crippen LogP contribution in [0.2, 0.25) is 0 Å². The Labute approximate surface area is 157 Å². The molecule has 3 rings (SSSR count). The third-order valence-corrected chi connectivity index (χ3v) is 6.75. The molecular weight excluding hydrogens is 356 g/mol. The lowest BCUT2D eigenvalue weighted by Crippen LogP contribution is -2.63. The van der Waals surface area contributed by atoms with Gasteiger partial charge in [-0.3, -0.25) is 9.59 Å². The van der Waals surface area contributed by atoms with E-state index in [-0.39, 0.29) is 29.0 Å². The van der Waals surface area contributed by atoms with Gasteiger partial charge in [0.15, 0.2) is 0 Å². The molecule has 2 saturated heterocycles. The zero-order chi connectivity index (χ0) is 19.0. The maximum absolute atomic E-state index is 12.7. The van der Waals surface area contributed by atoms with Gasteiger partial charge in [-0.05, 0) is 13.3 Å². The summed E-state index contributed by atoms with van der Waals surface area (Å²) in [7, 11) is 0. The molecule has 3 aliphatic heterocycles. The number of aliphatic hydroxyl groups excluding tert-OH is 1. The van der Waals surface area contributed by atoms with E-state index in [1.165, 1.54) is 16.7 Å². The second kappa shape index (κ2) is 7.60. The molecule has 0 aromatic heterocycles. The average Bonchev–Trinajstić information content (AvgIpc) is 3.08. The van der Waals surface area contributed by atoms with Crippen molar-refractivity contribution in [1.82, 2.24) is 10.2 Å². The van der Waals surface area contributed by atoms with Crippen molar-refractivity contribution in [2.24, 2.45) is 11.8 Å². The van der Waals surface area contributed by atoms with Crippen molar-refractivity contribution in [3.05, 3.63) is 10.6 Å². The number of thioether (sulfide) groups is 1. The van der Waals surface area contributed by atoms with Crippen LogP contribution in [0.5, 0.6) is 0 Å². The van der Waals surface area contributed by atoms with Crippen LogP contribution in [-0.4, -0.2) is 58.3 Å². The number of esters is 1. The fraction of sp³-hybridized carbons (Fsp3) is 0.722. The van der Waals surface area contributed by atoms with Crippen molar-refractivity contribution in [2.45, 2.75) is 57.4 Å². The van der Waals surface area contributed by atoms with Gasteiger partial charge in [-0.25, -0.2) is 4.79 Å². The summed E-state index contributed by atoms with van der Waals surface area (Å²) in [4.78, 5) is 39.1. The van der Waals surface area contributed by atoms with Crippen LogP contribution < -0.4 is 5.32 Å². The van der Waals surface area contributed by atoms with Gasteiger partial charge in [-0.1, -0.05) is 20.3 Å². The number of hydrogen-bond acceptors (Lipinski definition) is 6. The second-order valence-electron chi connectivity index (χ2n) is 7.20. The van der Waals surface area contributed by atoms with E-state index < -0.39 is 18.0 Å². The second-order valence-corrected chi connectivity index (χ2v) is 8.55. The largest absolute Gasteiger partial charge is 0.461 e. The van der Waals surface area contributed by atoms with Crippen molar-refractivity contribution in [2.75, 3.05) is 13.2 Å². The molecule has 7 nitrogen and oxygen atoms in total. The van der Waals surface area contributed by atoms with E-state index in [2.05, 4.69) is 5.32 Å². The molecule has 0 spiro atoms. The molecule has 3 aliphatic rings. The Kier molecular flexibility index (Phi) is 5.62. The zero-order valence-corrected chi connectivity index (χ0v) is 16.2. The Balaban J connectivity index is 1.85. The summed E-state index contributed by atoms with van der Waals surface area (Å²) in [5.41, 5.74) is 0.310. The Morgan fingerprint density at radius 1 is 1.46 bits per heavy atom. The highest BCUT2D eigenvalue weighted by Crippen LogP contribution is 2.51. The Morgan fingerprint density at radius 3 is 2.77 bits per heavy atom. The number of ether oxygens (including phenoxy) is 1. The van der Waals surface area contributed by atoms with Gasteiger partial charge >= 0.3 is 5.97 Å². The number of rotatable bonds is 7. The SMILES string of the molecule is CCCCOC(=O)C1=C(SC2CNC(=O)C2)[C@H](C)C2C([C@@H](C)O)C(=O)N12. The molecule has 0 aromatic rings. The minimum Gasteiger partial charge on any atom is -0.461 e. The maximum Gasteiger partial charge on any atom is 0.355 e. The fourth-order valence-corrected chi connectivity index (χ4v) is 5.30. The number of β-lactam (4-membered cyclic amide) rings is 1. The van der Waals surface area contributed by atoms with Crippen LogP contribution in [-0.2, 0) is 19.1 Å². The summed E-state index contributed by atoms with van der Waals surface area (Å²) in [6.07, 6.45) is 1.32. The Morgan fingerprint density at radius 2 is 2.19 bits per heavy atom. The zero-order valence-electron chi connectivity index (χ0n) is 15.4. The van der Waals surface area contributed by atoms with Gasteiger partial charge in [-0.2, -0.15) is 0 Å². The molecule has 2 amide bonds. The predicted molar refractivity (Wildman–Crippen MR) is 96.9 cm³/mol. The number of unbranched alkanes of at least 4 members (excludes halogenated alkanes) is 1. The van der Waals surface area contributed by atoms with Gasteiger partial charge in [0.2, 0.25) is 11.8 Å². The highest BCUT2D eigenvalue weighted by Gasteiger charge is 2.60. The maximum atomic E-state index is 12.7. The van der Waals surface area contributed by atoms with Crippen LogP contribution in [0.3, 0.4) is 0 Å². The summed E-state index contributed by atoms with van der Waals surface area (Å²) in [5.74, 6) is -1.27. The Hall–Kier alpha value is -1.54. The van der Waals surface area contributed by atoms with Crippen molar-refractivity contribution < 1.29 is 24.2 Å². The molecule has 0 aromatic carbocycles. The molecule has 5 atom stereocenters. The predicted octanol–water partition coefficient (Wildman–Crippen LogP) is 1.02. The normalized spacial score (nSPS) is 31.6. The molecule has 2 N–H and O–H groups in total. The molecule has 0 radical (unpaired) electrons. The van der Waals surface area contributed by atoms with E-state index in [0.717, 1.165) is 17.7 Å². The standard InChI is InChI=1S/C18H26N2O5S/c1-4-5-6-25-18(24)15-16(26-11-7-12(22)19-8-11)9(2)14-13(10(3)21)17(23)20(14)15/h9-11,13-14,21H,4-8H2,1-3H3,(H,19,22)/t9-,10-,11?,13?,14?/m1/s1. The number of amides is 2. The molecule has 3 unspecified atom stereocenters. The molecule has 0 bridgehead atoms. The molecule has 0 saturated carbocycles. The number of aliphatic hydroxyl groups is 1. The van der Waals surface area contributed by atoms with Crippen LogP contribution in [0.25, 0.3) is 0 Å². The first-order chi connectivity index (χ1) is 12.4. The summed E-state index contributed by atoms with van der Waals surface area (Å²) >= 11 is 1.49. The first kappa shape index (κ1) is 19.2. The molecule has 144 valence electrons. The summed E-state index contributed by atoms with van der Waals surface area (Å²) in [5, 5.41) is 12.8. The molecule has 26 heavy (non-hydrogen) atoms. The topological polar surface area (TPSA) is 95.9 Å². The third kappa shape index (κ3) is 3.24. The van der Waals surface area contributed by atoms with E-state index in [0.29, 0.717) is 25.3 Å². The van der Waals surface area contributed by atoms with Gasteiger partial charge in [0, 0.05) is 29.0 Å². The highest BCUT2D eigenvalue weighted by atomic mass is 32.2. The minimum atomic E-state index is -0.761. The van der Waals surface area contributed by atoms with Crippen molar-refractivity contribution in [1.29, 1.82) is 0 Å². The first-order valence-corrected chi connectivity index (χ1v) is 10.1. The number of hydrogen-bond donors (Lipinski definition) is 2. The van der Waals surface area contributed by atoms with Crippen molar-refractivity contribution in [3.8, 4) is 0 Å². The molecule has 0 aliphatic carbocycles. The van der Waals surface area contributed by atoms with Crippen LogP contribution in [0.1, 0.15) is 40.0 Å². The molecule has 3 heterocycles. The van der Waals surface area contributed by atoms with Crippen LogP contribution in [0, 0.1) is 11.8 Å². The van der Waals surface area contributed by atoms with Crippen LogP contribution >= 0.6 is 11.8 Å². The van der Waals surface area contributed by atoms with Crippen LogP contribution in [0.4, 0.5) is 0 Å². The first-order valence-electron chi connectivity index (χ1n) is 9.22. The number of nitrogens with zero attached hydrogens (tertiary/aromatic N) is 1. The average molecular weight is 382 g/mol. The smallest absolute Gasteiger partial charge is 0.355 e. The lowest BCUT2D eigenvalue weighted by molar-refractivity contribution is -0.164. The van der Waals surface area contributed by atoms with Crippen molar-refractivity contribution in [3.63, 3.8) is 0 Å². The number of carbonyl (C=O) groups excluding carboxylic acids is 3. The van der Waals surface area contributed by atoms with E-state index in [4.69, 9.17) is 4.74 Å². The van der Waals surface area contributed by atoms with Gasteiger partial charge in [0.05, 0.1) is 24.7 Å². The quantitative estimate of drug-likeness (QED) is 0.388. The minimum absolute atomic E-state index is 0.00188. The number of nitrogens with one attached hydrogen (secondary N) is 1. The van der Waals surface area contributed by atoms with E-state index >= 15 is 0 Å². The highest BCUT2D eigenvalue weighted by molar-refractivity contribution is 8.03. The summed E-state index contributed by atoms with van der Waals surface area (Å²) in [6, 6.07) is -0.219. The van der Waals surface area contributed by atoms with E-state index in [1.807, 2.05) is 13.8 Å². The number of carbonyl (C=O) groups is 3. The lowest BCUT2D eigenvalue weighted by atomic mass is 9.79. The Bertz CT molecular complexity index is 647. The van der Waals surface area contributed by atoms with Gasteiger partial charge in [0.25, 0.3) is 0 Å². The van der Waals surface area contributed by atoms with Gasteiger partial charge < -0.3 is 20.1 Å². The third-order valence-electron chi connectivity index (χ3n) is 5.27. The fourth-order valence-electron chi connectivity index (χ4n) is 3.89.